The minimum Gasteiger partial charge on any atom is -0.331 e. The molecule has 0 aromatic heterocycles. The second-order valence-corrected chi connectivity index (χ2v) is 9.58. The normalized spacial score (nSPS) is 18.7. The van der Waals surface area contributed by atoms with Crippen LogP contribution in [-0.4, -0.2) is 36.8 Å². The third kappa shape index (κ3) is 5.34. The van der Waals surface area contributed by atoms with Gasteiger partial charge in [-0.1, -0.05) is 53.5 Å². The van der Waals surface area contributed by atoms with Crippen molar-refractivity contribution in [2.45, 2.75) is 19.0 Å². The highest BCUT2D eigenvalue weighted by Crippen LogP contribution is 2.23. The summed E-state index contributed by atoms with van der Waals surface area (Å²) in [5.74, 6) is -0.165. The maximum Gasteiger partial charge on any atom is 0.247 e. The lowest BCUT2D eigenvalue weighted by Gasteiger charge is -2.27. The Balaban J connectivity index is 1.84. The highest BCUT2D eigenvalue weighted by atomic mass is 35.5. The van der Waals surface area contributed by atoms with Crippen molar-refractivity contribution in [3.63, 3.8) is 0 Å². The summed E-state index contributed by atoms with van der Waals surface area (Å²) in [4.78, 5) is 14.5. The van der Waals surface area contributed by atoms with Gasteiger partial charge in [-0.15, -0.1) is 0 Å². The van der Waals surface area contributed by atoms with Crippen LogP contribution in [0.2, 0.25) is 10.0 Å². The number of sulfone groups is 1. The summed E-state index contributed by atoms with van der Waals surface area (Å²) in [6.45, 7) is 0.298. The van der Waals surface area contributed by atoms with Crippen LogP contribution in [0.3, 0.4) is 0 Å². The monoisotopic (exact) mass is 423 g/mol. The molecule has 1 saturated heterocycles. The molecule has 0 radical (unpaired) electrons. The molecule has 27 heavy (non-hydrogen) atoms. The van der Waals surface area contributed by atoms with Gasteiger partial charge in [0.05, 0.1) is 11.5 Å². The number of carbonyl (C=O) groups is 1. The molecule has 1 aliphatic heterocycles. The van der Waals surface area contributed by atoms with Crippen molar-refractivity contribution in [3.05, 3.63) is 75.8 Å². The van der Waals surface area contributed by atoms with E-state index >= 15 is 0 Å². The number of hydrogen-bond donors (Lipinski definition) is 0. The van der Waals surface area contributed by atoms with E-state index < -0.39 is 9.84 Å². The SMILES string of the molecule is O=C(/C=C/c1ccccc1Cl)N(Cc1cccc(Cl)c1)C1CCS(=O)(=O)C1. The van der Waals surface area contributed by atoms with Crippen molar-refractivity contribution >= 4 is 45.0 Å². The maximum absolute atomic E-state index is 12.9. The molecule has 1 atom stereocenters. The molecule has 142 valence electrons. The molecule has 7 heteroatoms. The van der Waals surface area contributed by atoms with Gasteiger partial charge in [0, 0.05) is 28.7 Å². The maximum atomic E-state index is 12.9. The Morgan fingerprint density at radius 2 is 1.93 bits per heavy atom. The molecule has 1 unspecified atom stereocenters. The molecule has 0 spiro atoms. The van der Waals surface area contributed by atoms with Gasteiger partial charge < -0.3 is 4.90 Å². The molecule has 1 amide bonds. The lowest BCUT2D eigenvalue weighted by Crippen LogP contribution is -2.39. The number of benzene rings is 2. The summed E-state index contributed by atoms with van der Waals surface area (Å²) < 4.78 is 23.8. The molecule has 0 bridgehead atoms. The number of hydrogen-bond acceptors (Lipinski definition) is 3. The van der Waals surface area contributed by atoms with Gasteiger partial charge in [-0.3, -0.25) is 4.79 Å². The zero-order valence-corrected chi connectivity index (χ0v) is 16.8. The van der Waals surface area contributed by atoms with Crippen molar-refractivity contribution in [1.82, 2.24) is 4.90 Å². The van der Waals surface area contributed by atoms with Gasteiger partial charge in [-0.2, -0.15) is 0 Å². The fourth-order valence-corrected chi connectivity index (χ4v) is 5.25. The van der Waals surface area contributed by atoms with E-state index in [-0.39, 0.29) is 23.5 Å². The van der Waals surface area contributed by atoms with E-state index in [0.717, 1.165) is 11.1 Å². The van der Waals surface area contributed by atoms with Gasteiger partial charge >= 0.3 is 0 Å². The smallest absolute Gasteiger partial charge is 0.247 e. The van der Waals surface area contributed by atoms with Gasteiger partial charge in [-0.25, -0.2) is 8.42 Å². The van der Waals surface area contributed by atoms with Crippen LogP contribution < -0.4 is 0 Å². The van der Waals surface area contributed by atoms with Crippen LogP contribution in [0.5, 0.6) is 0 Å². The van der Waals surface area contributed by atoms with E-state index in [1.165, 1.54) is 6.08 Å². The van der Waals surface area contributed by atoms with E-state index in [1.807, 2.05) is 30.3 Å². The molecule has 2 aromatic rings. The number of halogens is 2. The molecule has 3 rings (SSSR count). The molecule has 4 nitrogen and oxygen atoms in total. The Labute approximate surface area is 169 Å². The molecule has 0 N–H and O–H groups in total. The Bertz CT molecular complexity index is 973. The molecule has 0 saturated carbocycles. The molecule has 2 aromatic carbocycles. The summed E-state index contributed by atoms with van der Waals surface area (Å²) in [5.41, 5.74) is 1.58. The largest absolute Gasteiger partial charge is 0.331 e. The third-order valence-corrected chi connectivity index (χ3v) is 6.81. The molecular formula is C20H19Cl2NO3S. The van der Waals surface area contributed by atoms with Gasteiger partial charge in [0.25, 0.3) is 0 Å². The summed E-state index contributed by atoms with van der Waals surface area (Å²) >= 11 is 12.2. The molecule has 1 fully saturated rings. The Morgan fingerprint density at radius 1 is 1.15 bits per heavy atom. The number of nitrogens with zero attached hydrogens (tertiary/aromatic N) is 1. The number of carbonyl (C=O) groups excluding carboxylic acids is 1. The fourth-order valence-electron chi connectivity index (χ4n) is 3.11. The van der Waals surface area contributed by atoms with Crippen LogP contribution in [0.25, 0.3) is 6.08 Å². The first-order valence-corrected chi connectivity index (χ1v) is 11.1. The average molecular weight is 424 g/mol. The topological polar surface area (TPSA) is 54.5 Å². The Kier molecular flexibility index (Phi) is 6.25. The van der Waals surface area contributed by atoms with Crippen molar-refractivity contribution < 1.29 is 13.2 Å². The highest BCUT2D eigenvalue weighted by molar-refractivity contribution is 7.91. The highest BCUT2D eigenvalue weighted by Gasteiger charge is 2.34. The second-order valence-electron chi connectivity index (χ2n) is 6.51. The average Bonchev–Trinajstić information content (AvgIpc) is 2.98. The fraction of sp³-hybridized carbons (Fsp3) is 0.250. The van der Waals surface area contributed by atoms with Gasteiger partial charge in [0.1, 0.15) is 0 Å². The molecule has 0 aliphatic carbocycles. The standard InChI is InChI=1S/C20H19Cl2NO3S/c21-17-6-3-4-15(12-17)13-23(18-10-11-27(25,26)14-18)20(24)9-8-16-5-1-2-7-19(16)22/h1-9,12,18H,10-11,13-14H2/b9-8+. The van der Waals surface area contributed by atoms with E-state index in [4.69, 9.17) is 23.2 Å². The van der Waals surface area contributed by atoms with Gasteiger partial charge in [-0.05, 0) is 41.8 Å². The lowest BCUT2D eigenvalue weighted by atomic mass is 10.1. The summed E-state index contributed by atoms with van der Waals surface area (Å²) in [6, 6.07) is 14.1. The van der Waals surface area contributed by atoms with Crippen LogP contribution >= 0.6 is 23.2 Å². The predicted molar refractivity (Wildman–Crippen MR) is 110 cm³/mol. The number of rotatable bonds is 5. The first-order valence-electron chi connectivity index (χ1n) is 8.52. The van der Waals surface area contributed by atoms with E-state index in [9.17, 15) is 13.2 Å². The third-order valence-electron chi connectivity index (χ3n) is 4.48. The van der Waals surface area contributed by atoms with E-state index in [2.05, 4.69) is 0 Å². The Morgan fingerprint density at radius 3 is 2.59 bits per heavy atom. The molecule has 1 aliphatic rings. The zero-order valence-electron chi connectivity index (χ0n) is 14.5. The van der Waals surface area contributed by atoms with E-state index in [1.54, 1.807) is 29.2 Å². The van der Waals surface area contributed by atoms with Crippen molar-refractivity contribution in [2.75, 3.05) is 11.5 Å². The Hall–Kier alpha value is -1.82. The first kappa shape index (κ1) is 19.9. The van der Waals surface area contributed by atoms with Crippen LogP contribution in [0, 0.1) is 0 Å². The van der Waals surface area contributed by atoms with Crippen molar-refractivity contribution in [1.29, 1.82) is 0 Å². The second kappa shape index (κ2) is 8.46. The van der Waals surface area contributed by atoms with Gasteiger partial charge in [0.2, 0.25) is 5.91 Å². The number of amides is 1. The van der Waals surface area contributed by atoms with Crippen molar-refractivity contribution in [2.24, 2.45) is 0 Å². The molecule has 1 heterocycles. The minimum atomic E-state index is -3.11. The first-order chi connectivity index (χ1) is 12.8. The quantitative estimate of drug-likeness (QED) is 0.676. The van der Waals surface area contributed by atoms with Crippen LogP contribution in [-0.2, 0) is 21.2 Å². The van der Waals surface area contributed by atoms with E-state index in [0.29, 0.717) is 23.0 Å². The summed E-state index contributed by atoms with van der Waals surface area (Å²) in [5, 5.41) is 1.12. The zero-order chi connectivity index (χ0) is 19.4. The predicted octanol–water partition coefficient (Wildman–Crippen LogP) is 4.22. The summed E-state index contributed by atoms with van der Waals surface area (Å²) in [6.07, 6.45) is 3.53. The van der Waals surface area contributed by atoms with Crippen LogP contribution in [0.1, 0.15) is 17.5 Å². The lowest BCUT2D eigenvalue weighted by molar-refractivity contribution is -0.128. The van der Waals surface area contributed by atoms with Crippen molar-refractivity contribution in [3.8, 4) is 0 Å². The van der Waals surface area contributed by atoms with Crippen LogP contribution in [0.15, 0.2) is 54.6 Å². The minimum absolute atomic E-state index is 0.0146. The van der Waals surface area contributed by atoms with Gasteiger partial charge in [0.15, 0.2) is 9.84 Å². The summed E-state index contributed by atoms with van der Waals surface area (Å²) in [7, 11) is -3.11. The molecular weight excluding hydrogens is 405 g/mol. The van der Waals surface area contributed by atoms with Crippen LogP contribution in [0.4, 0.5) is 0 Å².